The smallest absolute Gasteiger partial charge is 0.238 e. The van der Waals surface area contributed by atoms with Crippen molar-refractivity contribution in [3.8, 4) is 0 Å². The Morgan fingerprint density at radius 2 is 1.59 bits per heavy atom. The molecule has 3 aromatic carbocycles. The lowest BCUT2D eigenvalue weighted by molar-refractivity contribution is -0.117. The third-order valence-electron chi connectivity index (χ3n) is 5.02. The van der Waals surface area contributed by atoms with Crippen molar-refractivity contribution in [2.75, 3.05) is 16.0 Å². The lowest BCUT2D eigenvalue weighted by Gasteiger charge is -2.37. The molecule has 1 saturated heterocycles. The molecule has 29 heavy (non-hydrogen) atoms. The number of nitrogens with zero attached hydrogens (tertiary/aromatic N) is 1. The molecule has 5 heteroatoms. The van der Waals surface area contributed by atoms with E-state index in [-0.39, 0.29) is 18.2 Å². The zero-order valence-electron chi connectivity index (χ0n) is 16.2. The summed E-state index contributed by atoms with van der Waals surface area (Å²) in [5, 5.41) is 2.97. The molecule has 2 amide bonds. The molecule has 0 saturated carbocycles. The highest BCUT2D eigenvalue weighted by atomic mass is 32.2. The molecular formula is C24H22N2O2S. The van der Waals surface area contributed by atoms with Crippen LogP contribution >= 0.6 is 11.8 Å². The molecule has 0 radical (unpaired) electrons. The van der Waals surface area contributed by atoms with Crippen LogP contribution in [0, 0.1) is 6.92 Å². The van der Waals surface area contributed by atoms with Crippen LogP contribution in [0.4, 0.5) is 11.4 Å². The largest absolute Gasteiger partial charge is 0.326 e. The molecule has 1 N–H and O–H groups in total. The number of benzene rings is 3. The van der Waals surface area contributed by atoms with Crippen molar-refractivity contribution in [2.24, 2.45) is 0 Å². The van der Waals surface area contributed by atoms with Crippen LogP contribution < -0.4 is 10.2 Å². The van der Waals surface area contributed by atoms with E-state index in [9.17, 15) is 9.59 Å². The first-order valence-electron chi connectivity index (χ1n) is 9.53. The van der Waals surface area contributed by atoms with Gasteiger partial charge >= 0.3 is 0 Å². The Morgan fingerprint density at radius 3 is 2.24 bits per heavy atom. The summed E-state index contributed by atoms with van der Waals surface area (Å²) >= 11 is 1.51. The van der Waals surface area contributed by atoms with Gasteiger partial charge in [0.05, 0.1) is 12.2 Å². The summed E-state index contributed by atoms with van der Waals surface area (Å²) in [6.07, 6.45) is 0.163. The zero-order chi connectivity index (χ0) is 20.3. The number of rotatable bonds is 5. The number of anilines is 2. The summed E-state index contributed by atoms with van der Waals surface area (Å²) in [5.74, 6) is 0.218. The van der Waals surface area contributed by atoms with Crippen LogP contribution in [-0.2, 0) is 14.5 Å². The lowest BCUT2D eigenvalue weighted by atomic mass is 9.98. The first-order chi connectivity index (χ1) is 14.1. The topological polar surface area (TPSA) is 49.4 Å². The average molecular weight is 403 g/mol. The molecule has 1 aliphatic rings. The second kappa shape index (κ2) is 8.13. The van der Waals surface area contributed by atoms with Crippen molar-refractivity contribution in [1.29, 1.82) is 0 Å². The highest BCUT2D eigenvalue weighted by Crippen LogP contribution is 2.50. The molecule has 1 unspecified atom stereocenters. The van der Waals surface area contributed by atoms with E-state index in [1.165, 1.54) is 11.8 Å². The number of para-hydroxylation sites is 2. The van der Waals surface area contributed by atoms with E-state index < -0.39 is 4.87 Å². The highest BCUT2D eigenvalue weighted by molar-refractivity contribution is 8.01. The normalized spacial score (nSPS) is 18.7. The van der Waals surface area contributed by atoms with E-state index >= 15 is 0 Å². The van der Waals surface area contributed by atoms with Crippen LogP contribution in [0.2, 0.25) is 0 Å². The minimum absolute atomic E-state index is 0.00860. The van der Waals surface area contributed by atoms with Crippen molar-refractivity contribution in [3.63, 3.8) is 0 Å². The predicted molar refractivity (Wildman–Crippen MR) is 119 cm³/mol. The zero-order valence-corrected chi connectivity index (χ0v) is 17.0. The molecule has 146 valence electrons. The first kappa shape index (κ1) is 19.3. The van der Waals surface area contributed by atoms with Crippen LogP contribution in [0.5, 0.6) is 0 Å². The van der Waals surface area contributed by atoms with Gasteiger partial charge in [0, 0.05) is 11.4 Å². The van der Waals surface area contributed by atoms with Gasteiger partial charge < -0.3 is 5.32 Å². The van der Waals surface area contributed by atoms with E-state index in [2.05, 4.69) is 5.32 Å². The monoisotopic (exact) mass is 402 g/mol. The van der Waals surface area contributed by atoms with Crippen molar-refractivity contribution < 1.29 is 9.59 Å². The SMILES string of the molecule is Cc1ccc(C2(CC(=O)Nc3ccccc3)SCC(=O)N2c2ccccc2)cc1. The van der Waals surface area contributed by atoms with E-state index in [4.69, 9.17) is 0 Å². The molecule has 0 aliphatic carbocycles. The second-order valence-electron chi connectivity index (χ2n) is 7.09. The van der Waals surface area contributed by atoms with E-state index in [0.29, 0.717) is 5.75 Å². The summed E-state index contributed by atoms with van der Waals surface area (Å²) in [7, 11) is 0. The summed E-state index contributed by atoms with van der Waals surface area (Å²) < 4.78 is 0. The first-order valence-corrected chi connectivity index (χ1v) is 10.5. The van der Waals surface area contributed by atoms with Crippen LogP contribution in [0.1, 0.15) is 17.5 Å². The standard InChI is InChI=1S/C24H22N2O2S/c1-18-12-14-19(15-13-18)24(16-22(27)25-20-8-4-2-5-9-20)26(23(28)17-29-24)21-10-6-3-7-11-21/h2-15H,16-17H2,1H3,(H,25,27). The molecule has 4 rings (SSSR count). The van der Waals surface area contributed by atoms with Crippen molar-refractivity contribution in [3.05, 3.63) is 96.1 Å². The van der Waals surface area contributed by atoms with E-state index in [1.807, 2.05) is 91.9 Å². The van der Waals surface area contributed by atoms with Crippen LogP contribution in [0.3, 0.4) is 0 Å². The quantitative estimate of drug-likeness (QED) is 0.656. The molecule has 4 nitrogen and oxygen atoms in total. The Kier molecular flexibility index (Phi) is 5.41. The maximum atomic E-state index is 13.0. The molecule has 0 aromatic heterocycles. The fraction of sp³-hybridized carbons (Fsp3) is 0.167. The number of carbonyl (C=O) groups is 2. The lowest BCUT2D eigenvalue weighted by Crippen LogP contribution is -2.44. The van der Waals surface area contributed by atoms with Gasteiger partial charge in [0.1, 0.15) is 4.87 Å². The third-order valence-corrected chi connectivity index (χ3v) is 6.45. The number of nitrogens with one attached hydrogen (secondary N) is 1. The predicted octanol–water partition coefficient (Wildman–Crippen LogP) is 4.96. The van der Waals surface area contributed by atoms with Gasteiger partial charge in [0.2, 0.25) is 11.8 Å². The van der Waals surface area contributed by atoms with E-state index in [1.54, 1.807) is 4.90 Å². The molecule has 1 atom stereocenters. The Morgan fingerprint density at radius 1 is 0.966 bits per heavy atom. The van der Waals surface area contributed by atoms with Crippen molar-refractivity contribution >= 4 is 35.0 Å². The van der Waals surface area contributed by atoms with Crippen LogP contribution in [0.25, 0.3) is 0 Å². The third kappa shape index (κ3) is 3.91. The van der Waals surface area contributed by atoms with E-state index in [0.717, 1.165) is 22.5 Å². The van der Waals surface area contributed by atoms with Crippen molar-refractivity contribution in [1.82, 2.24) is 0 Å². The summed E-state index contributed by atoms with van der Waals surface area (Å²) in [6, 6.07) is 27.1. The van der Waals surface area contributed by atoms with Gasteiger partial charge in [-0.3, -0.25) is 14.5 Å². The van der Waals surface area contributed by atoms with Gasteiger partial charge in [-0.25, -0.2) is 0 Å². The molecule has 1 fully saturated rings. The maximum absolute atomic E-state index is 13.0. The molecule has 3 aromatic rings. The molecular weight excluding hydrogens is 380 g/mol. The molecule has 0 spiro atoms. The minimum Gasteiger partial charge on any atom is -0.326 e. The highest BCUT2D eigenvalue weighted by Gasteiger charge is 2.49. The summed E-state index contributed by atoms with van der Waals surface area (Å²) in [6.45, 7) is 2.03. The molecule has 1 aliphatic heterocycles. The number of carbonyl (C=O) groups excluding carboxylic acids is 2. The fourth-order valence-electron chi connectivity index (χ4n) is 3.64. The van der Waals surface area contributed by atoms with Gasteiger partial charge in [0.15, 0.2) is 0 Å². The van der Waals surface area contributed by atoms with Gasteiger partial charge in [-0.15, -0.1) is 11.8 Å². The van der Waals surface area contributed by atoms with Crippen LogP contribution in [0.15, 0.2) is 84.9 Å². The number of hydrogen-bond acceptors (Lipinski definition) is 3. The second-order valence-corrected chi connectivity index (χ2v) is 8.35. The maximum Gasteiger partial charge on any atom is 0.238 e. The van der Waals surface area contributed by atoms with Gasteiger partial charge in [-0.2, -0.15) is 0 Å². The van der Waals surface area contributed by atoms with Gasteiger partial charge in [0.25, 0.3) is 0 Å². The summed E-state index contributed by atoms with van der Waals surface area (Å²) in [5.41, 5.74) is 3.64. The molecule has 0 bridgehead atoms. The van der Waals surface area contributed by atoms with Gasteiger partial charge in [-0.05, 0) is 36.8 Å². The fourth-order valence-corrected chi connectivity index (χ4v) is 5.01. The Labute approximate surface area is 174 Å². The Balaban J connectivity index is 1.74. The Bertz CT molecular complexity index is 1010. The minimum atomic E-state index is -0.787. The molecule has 1 heterocycles. The summed E-state index contributed by atoms with van der Waals surface area (Å²) in [4.78, 5) is 27.0. The number of thioether (sulfide) groups is 1. The van der Waals surface area contributed by atoms with Gasteiger partial charge in [-0.1, -0.05) is 66.2 Å². The van der Waals surface area contributed by atoms with Crippen LogP contribution in [-0.4, -0.2) is 17.6 Å². The number of amides is 2. The number of aryl methyl sites for hydroxylation is 1. The van der Waals surface area contributed by atoms with Crippen molar-refractivity contribution in [2.45, 2.75) is 18.2 Å². The number of hydrogen-bond donors (Lipinski definition) is 1. The Hall–Kier alpha value is -3.05. The average Bonchev–Trinajstić information content (AvgIpc) is 3.06.